The van der Waals surface area contributed by atoms with Crippen molar-refractivity contribution in [3.8, 4) is 5.75 Å². The Balaban J connectivity index is 2.11. The predicted molar refractivity (Wildman–Crippen MR) is 63.4 cm³/mol. The number of fused-ring (bicyclic) bond motifs is 1. The van der Waals surface area contributed by atoms with Crippen LogP contribution in [0.3, 0.4) is 0 Å². The fourth-order valence-electron chi connectivity index (χ4n) is 2.21. The first-order valence-electron chi connectivity index (χ1n) is 6.11. The Kier molecular flexibility index (Phi) is 3.47. The Labute approximate surface area is 96.6 Å². The molecule has 0 radical (unpaired) electrons. The summed E-state index contributed by atoms with van der Waals surface area (Å²) in [5.41, 5.74) is 1.96. The summed E-state index contributed by atoms with van der Waals surface area (Å²) in [5, 5.41) is 0. The van der Waals surface area contributed by atoms with Gasteiger partial charge in [0.2, 0.25) is 0 Å². The van der Waals surface area contributed by atoms with Gasteiger partial charge in [-0.1, -0.05) is 26.3 Å². The molecule has 1 nitrogen and oxygen atoms in total. The first-order valence-corrected chi connectivity index (χ1v) is 6.11. The summed E-state index contributed by atoms with van der Waals surface area (Å²) in [6.45, 7) is 5.10. The van der Waals surface area contributed by atoms with E-state index in [0.717, 1.165) is 37.0 Å². The SMILES string of the molecule is CC(C)CCCc1c(F)ccc2c1OCC2. The molecule has 0 fully saturated rings. The first kappa shape index (κ1) is 11.4. The molecule has 0 saturated carbocycles. The summed E-state index contributed by atoms with van der Waals surface area (Å²) in [5.74, 6) is 1.40. The third-order valence-electron chi connectivity index (χ3n) is 3.11. The van der Waals surface area contributed by atoms with Crippen LogP contribution in [0.1, 0.15) is 37.8 Å². The number of benzene rings is 1. The molecule has 0 bridgehead atoms. The largest absolute Gasteiger partial charge is 0.493 e. The molecule has 1 aliphatic rings. The Morgan fingerprint density at radius 2 is 2.19 bits per heavy atom. The number of halogens is 1. The molecule has 88 valence electrons. The van der Waals surface area contributed by atoms with E-state index in [4.69, 9.17) is 4.74 Å². The minimum Gasteiger partial charge on any atom is -0.493 e. The van der Waals surface area contributed by atoms with Crippen molar-refractivity contribution in [1.29, 1.82) is 0 Å². The predicted octanol–water partition coefficient (Wildman–Crippen LogP) is 3.74. The number of hydrogen-bond acceptors (Lipinski definition) is 1. The van der Waals surface area contributed by atoms with Gasteiger partial charge in [-0.25, -0.2) is 4.39 Å². The van der Waals surface area contributed by atoms with Gasteiger partial charge in [-0.05, 0) is 30.4 Å². The third-order valence-corrected chi connectivity index (χ3v) is 3.11. The highest BCUT2D eigenvalue weighted by molar-refractivity contribution is 5.44. The second-order valence-electron chi connectivity index (χ2n) is 4.90. The number of rotatable bonds is 4. The van der Waals surface area contributed by atoms with Gasteiger partial charge in [-0.15, -0.1) is 0 Å². The monoisotopic (exact) mass is 222 g/mol. The zero-order chi connectivity index (χ0) is 11.5. The molecule has 0 aromatic heterocycles. The van der Waals surface area contributed by atoms with Crippen molar-refractivity contribution < 1.29 is 9.13 Å². The van der Waals surface area contributed by atoms with Gasteiger partial charge < -0.3 is 4.74 Å². The van der Waals surface area contributed by atoms with Crippen molar-refractivity contribution in [3.63, 3.8) is 0 Å². The van der Waals surface area contributed by atoms with Crippen molar-refractivity contribution in [2.24, 2.45) is 5.92 Å². The summed E-state index contributed by atoms with van der Waals surface area (Å²) in [4.78, 5) is 0. The van der Waals surface area contributed by atoms with Crippen LogP contribution in [0, 0.1) is 11.7 Å². The van der Waals surface area contributed by atoms with Crippen molar-refractivity contribution >= 4 is 0 Å². The molecular weight excluding hydrogens is 203 g/mol. The lowest BCUT2D eigenvalue weighted by Gasteiger charge is -2.10. The minimum atomic E-state index is -0.107. The van der Waals surface area contributed by atoms with Crippen LogP contribution in [0.25, 0.3) is 0 Å². The van der Waals surface area contributed by atoms with E-state index in [1.807, 2.05) is 6.07 Å². The van der Waals surface area contributed by atoms with Crippen LogP contribution in [0.2, 0.25) is 0 Å². The van der Waals surface area contributed by atoms with E-state index >= 15 is 0 Å². The van der Waals surface area contributed by atoms with E-state index in [1.165, 1.54) is 5.56 Å². The Hall–Kier alpha value is -1.05. The van der Waals surface area contributed by atoms with E-state index in [0.29, 0.717) is 12.5 Å². The Bertz CT molecular complexity index is 371. The van der Waals surface area contributed by atoms with E-state index in [1.54, 1.807) is 6.07 Å². The normalized spacial score (nSPS) is 14.0. The van der Waals surface area contributed by atoms with Crippen LogP contribution in [-0.2, 0) is 12.8 Å². The van der Waals surface area contributed by atoms with E-state index in [-0.39, 0.29) is 5.82 Å². The Morgan fingerprint density at radius 1 is 1.38 bits per heavy atom. The topological polar surface area (TPSA) is 9.23 Å². The van der Waals surface area contributed by atoms with Gasteiger partial charge in [0.1, 0.15) is 11.6 Å². The summed E-state index contributed by atoms with van der Waals surface area (Å²) < 4.78 is 19.2. The second-order valence-corrected chi connectivity index (χ2v) is 4.90. The molecule has 0 spiro atoms. The zero-order valence-electron chi connectivity index (χ0n) is 10.1. The molecule has 0 unspecified atom stereocenters. The van der Waals surface area contributed by atoms with Crippen LogP contribution >= 0.6 is 0 Å². The molecule has 0 saturated heterocycles. The fraction of sp³-hybridized carbons (Fsp3) is 0.571. The Morgan fingerprint density at radius 3 is 2.94 bits per heavy atom. The number of hydrogen-bond donors (Lipinski definition) is 0. The molecule has 0 amide bonds. The van der Waals surface area contributed by atoms with Gasteiger partial charge in [0.05, 0.1) is 6.61 Å². The second kappa shape index (κ2) is 4.86. The lowest BCUT2D eigenvalue weighted by atomic mass is 9.99. The molecule has 2 rings (SSSR count). The standard InChI is InChI=1S/C14H19FO/c1-10(2)4-3-5-12-13(15)7-6-11-8-9-16-14(11)12/h6-7,10H,3-5,8-9H2,1-2H3. The highest BCUT2D eigenvalue weighted by atomic mass is 19.1. The lowest BCUT2D eigenvalue weighted by Crippen LogP contribution is -1.97. The van der Waals surface area contributed by atoms with Gasteiger partial charge >= 0.3 is 0 Å². The summed E-state index contributed by atoms with van der Waals surface area (Å²) >= 11 is 0. The zero-order valence-corrected chi connectivity index (χ0v) is 10.1. The molecule has 0 aliphatic carbocycles. The quantitative estimate of drug-likeness (QED) is 0.754. The number of ether oxygens (including phenoxy) is 1. The average molecular weight is 222 g/mol. The van der Waals surface area contributed by atoms with Crippen LogP contribution < -0.4 is 4.74 Å². The molecular formula is C14H19FO. The molecule has 0 atom stereocenters. The fourth-order valence-corrected chi connectivity index (χ4v) is 2.21. The maximum absolute atomic E-state index is 13.7. The summed E-state index contributed by atoms with van der Waals surface area (Å²) in [7, 11) is 0. The first-order chi connectivity index (χ1) is 7.68. The molecule has 1 aromatic carbocycles. The molecule has 1 aromatic rings. The van der Waals surface area contributed by atoms with Crippen molar-refractivity contribution in [1.82, 2.24) is 0 Å². The molecule has 1 heterocycles. The van der Waals surface area contributed by atoms with Crippen molar-refractivity contribution in [3.05, 3.63) is 29.1 Å². The summed E-state index contributed by atoms with van der Waals surface area (Å²) in [6, 6.07) is 3.43. The van der Waals surface area contributed by atoms with Gasteiger partial charge in [-0.3, -0.25) is 0 Å². The molecule has 2 heteroatoms. The van der Waals surface area contributed by atoms with Crippen LogP contribution in [0.4, 0.5) is 4.39 Å². The molecule has 16 heavy (non-hydrogen) atoms. The van der Waals surface area contributed by atoms with E-state index in [2.05, 4.69) is 13.8 Å². The van der Waals surface area contributed by atoms with Gasteiger partial charge in [0.25, 0.3) is 0 Å². The summed E-state index contributed by atoms with van der Waals surface area (Å²) in [6.07, 6.45) is 3.90. The maximum atomic E-state index is 13.7. The van der Waals surface area contributed by atoms with Crippen LogP contribution in [0.5, 0.6) is 5.75 Å². The van der Waals surface area contributed by atoms with Gasteiger partial charge in [0, 0.05) is 12.0 Å². The van der Waals surface area contributed by atoms with E-state index < -0.39 is 0 Å². The highest BCUT2D eigenvalue weighted by Gasteiger charge is 2.19. The highest BCUT2D eigenvalue weighted by Crippen LogP contribution is 2.32. The lowest BCUT2D eigenvalue weighted by molar-refractivity contribution is 0.350. The minimum absolute atomic E-state index is 0.107. The van der Waals surface area contributed by atoms with Gasteiger partial charge in [0.15, 0.2) is 0 Å². The van der Waals surface area contributed by atoms with Crippen LogP contribution in [-0.4, -0.2) is 6.61 Å². The molecule has 1 aliphatic heterocycles. The average Bonchev–Trinajstić information content (AvgIpc) is 2.69. The van der Waals surface area contributed by atoms with Crippen LogP contribution in [0.15, 0.2) is 12.1 Å². The van der Waals surface area contributed by atoms with Gasteiger partial charge in [-0.2, -0.15) is 0 Å². The van der Waals surface area contributed by atoms with E-state index in [9.17, 15) is 4.39 Å². The maximum Gasteiger partial charge on any atom is 0.130 e. The van der Waals surface area contributed by atoms with Crippen molar-refractivity contribution in [2.75, 3.05) is 6.61 Å². The third kappa shape index (κ3) is 2.37. The van der Waals surface area contributed by atoms with Crippen molar-refractivity contribution in [2.45, 2.75) is 39.5 Å². The molecule has 0 N–H and O–H groups in total. The smallest absolute Gasteiger partial charge is 0.130 e.